The Labute approximate surface area is 116 Å². The van der Waals surface area contributed by atoms with Gasteiger partial charge in [0.15, 0.2) is 0 Å². The molecule has 2 heterocycles. The maximum absolute atomic E-state index is 11.9. The van der Waals surface area contributed by atoms with Gasteiger partial charge in [0.2, 0.25) is 0 Å². The van der Waals surface area contributed by atoms with E-state index in [2.05, 4.69) is 27.1 Å². The van der Waals surface area contributed by atoms with Gasteiger partial charge in [0.1, 0.15) is 12.3 Å². The van der Waals surface area contributed by atoms with Crippen molar-refractivity contribution < 1.29 is 9.90 Å². The average molecular weight is 267 g/mol. The number of rotatable bonds is 3. The fraction of sp³-hybridized carbons (Fsp3) is 0.133. The number of carbonyl (C=O) groups is 1. The number of aliphatic hydroxyl groups is 1. The zero-order valence-corrected chi connectivity index (χ0v) is 10.7. The zero-order valence-electron chi connectivity index (χ0n) is 10.7. The van der Waals surface area contributed by atoms with Crippen molar-refractivity contribution >= 4 is 5.91 Å². The number of nitrogens with zero attached hydrogens (tertiary/aromatic N) is 2. The van der Waals surface area contributed by atoms with Crippen LogP contribution in [0.1, 0.15) is 21.7 Å². The molecule has 0 saturated carbocycles. The van der Waals surface area contributed by atoms with Gasteiger partial charge in [0.25, 0.3) is 5.91 Å². The number of carbonyl (C=O) groups excluding carboxylic acids is 1. The first-order valence-electron chi connectivity index (χ1n) is 6.03. The van der Waals surface area contributed by atoms with Crippen LogP contribution in [0.15, 0.2) is 42.7 Å². The number of aromatic nitrogens is 2. The van der Waals surface area contributed by atoms with Crippen LogP contribution in [0.3, 0.4) is 0 Å². The highest BCUT2D eigenvalue weighted by Crippen LogP contribution is 2.00. The van der Waals surface area contributed by atoms with Crippen LogP contribution in [-0.4, -0.2) is 27.6 Å². The van der Waals surface area contributed by atoms with E-state index in [0.717, 1.165) is 5.69 Å². The van der Waals surface area contributed by atoms with Gasteiger partial charge < -0.3 is 10.4 Å². The quantitative estimate of drug-likeness (QED) is 0.805. The Morgan fingerprint density at radius 2 is 2.15 bits per heavy atom. The second kappa shape index (κ2) is 7.02. The molecule has 0 aromatic carbocycles. The van der Waals surface area contributed by atoms with Crippen molar-refractivity contribution in [2.75, 3.05) is 6.61 Å². The lowest BCUT2D eigenvalue weighted by Gasteiger charge is -2.04. The number of aliphatic hydroxyl groups excluding tert-OH is 1. The van der Waals surface area contributed by atoms with E-state index < -0.39 is 0 Å². The van der Waals surface area contributed by atoms with E-state index in [1.165, 1.54) is 6.20 Å². The lowest BCUT2D eigenvalue weighted by atomic mass is 10.2. The van der Waals surface area contributed by atoms with E-state index in [-0.39, 0.29) is 12.5 Å². The molecule has 2 aromatic rings. The summed E-state index contributed by atoms with van der Waals surface area (Å²) < 4.78 is 0. The van der Waals surface area contributed by atoms with Gasteiger partial charge in [0.05, 0.1) is 12.2 Å². The summed E-state index contributed by atoms with van der Waals surface area (Å²) in [4.78, 5) is 20.0. The van der Waals surface area contributed by atoms with E-state index in [4.69, 9.17) is 5.11 Å². The molecule has 0 saturated heterocycles. The van der Waals surface area contributed by atoms with Gasteiger partial charge in [-0.05, 0) is 24.3 Å². The molecule has 1 amide bonds. The Balaban J connectivity index is 1.96. The predicted molar refractivity (Wildman–Crippen MR) is 73.6 cm³/mol. The molecule has 5 nitrogen and oxygen atoms in total. The first-order valence-corrected chi connectivity index (χ1v) is 6.03. The third-order valence-corrected chi connectivity index (χ3v) is 2.46. The largest absolute Gasteiger partial charge is 0.384 e. The van der Waals surface area contributed by atoms with Crippen molar-refractivity contribution in [2.45, 2.75) is 6.54 Å². The lowest BCUT2D eigenvalue weighted by Crippen LogP contribution is -2.24. The van der Waals surface area contributed by atoms with Gasteiger partial charge in [-0.15, -0.1) is 0 Å². The van der Waals surface area contributed by atoms with Crippen LogP contribution < -0.4 is 5.32 Å². The Morgan fingerprint density at radius 1 is 1.25 bits per heavy atom. The number of hydrogen-bond acceptors (Lipinski definition) is 4. The molecule has 2 aromatic heterocycles. The first-order chi connectivity index (χ1) is 9.79. The van der Waals surface area contributed by atoms with E-state index in [9.17, 15) is 4.79 Å². The second-order valence-electron chi connectivity index (χ2n) is 3.90. The van der Waals surface area contributed by atoms with Crippen molar-refractivity contribution in [3.63, 3.8) is 0 Å². The van der Waals surface area contributed by atoms with Gasteiger partial charge in [-0.3, -0.25) is 9.78 Å². The predicted octanol–water partition coefficient (Wildman–Crippen LogP) is 0.750. The van der Waals surface area contributed by atoms with Crippen LogP contribution in [0, 0.1) is 11.8 Å². The van der Waals surface area contributed by atoms with Crippen molar-refractivity contribution in [1.82, 2.24) is 15.3 Å². The molecule has 0 spiro atoms. The lowest BCUT2D eigenvalue weighted by molar-refractivity contribution is 0.0945. The summed E-state index contributed by atoms with van der Waals surface area (Å²) in [6.07, 6.45) is 3.17. The van der Waals surface area contributed by atoms with Gasteiger partial charge in [-0.1, -0.05) is 17.9 Å². The fourth-order valence-electron chi connectivity index (χ4n) is 1.51. The van der Waals surface area contributed by atoms with Crippen molar-refractivity contribution in [3.05, 3.63) is 59.7 Å². The van der Waals surface area contributed by atoms with E-state index in [0.29, 0.717) is 17.8 Å². The van der Waals surface area contributed by atoms with Gasteiger partial charge in [0, 0.05) is 18.0 Å². The molecular formula is C15H13N3O2. The summed E-state index contributed by atoms with van der Waals surface area (Å²) in [7, 11) is 0. The minimum atomic E-state index is -0.266. The number of pyridine rings is 2. The third kappa shape index (κ3) is 3.90. The Kier molecular flexibility index (Phi) is 4.81. The molecule has 0 unspecified atom stereocenters. The van der Waals surface area contributed by atoms with E-state index in [1.807, 2.05) is 18.2 Å². The van der Waals surface area contributed by atoms with E-state index in [1.54, 1.807) is 18.3 Å². The maximum Gasteiger partial charge on any atom is 0.270 e. The summed E-state index contributed by atoms with van der Waals surface area (Å²) in [6.45, 7) is 0.153. The average Bonchev–Trinajstić information content (AvgIpc) is 2.52. The summed E-state index contributed by atoms with van der Waals surface area (Å²) in [6, 6.07) is 8.79. The summed E-state index contributed by atoms with van der Waals surface area (Å²) in [5.74, 6) is 4.96. The monoisotopic (exact) mass is 267 g/mol. The van der Waals surface area contributed by atoms with Gasteiger partial charge >= 0.3 is 0 Å². The second-order valence-corrected chi connectivity index (χ2v) is 3.90. The molecule has 2 N–H and O–H groups in total. The number of nitrogens with one attached hydrogen (secondary N) is 1. The van der Waals surface area contributed by atoms with Crippen LogP contribution >= 0.6 is 0 Å². The zero-order chi connectivity index (χ0) is 14.2. The Morgan fingerprint density at radius 3 is 2.80 bits per heavy atom. The first kappa shape index (κ1) is 13.7. The minimum Gasteiger partial charge on any atom is -0.384 e. The van der Waals surface area contributed by atoms with Crippen molar-refractivity contribution in [1.29, 1.82) is 0 Å². The molecule has 0 bridgehead atoms. The van der Waals surface area contributed by atoms with Crippen LogP contribution in [-0.2, 0) is 6.54 Å². The summed E-state index contributed by atoms with van der Waals surface area (Å²) >= 11 is 0. The standard InChI is InChI=1S/C15H13N3O2/c19-9-3-4-12-6-7-14(17-10-12)15(20)18-11-13-5-1-2-8-16-13/h1-2,5-8,10,19H,9,11H2,(H,18,20). The molecule has 0 radical (unpaired) electrons. The van der Waals surface area contributed by atoms with Crippen LogP contribution in [0.25, 0.3) is 0 Å². The molecule has 100 valence electrons. The molecule has 0 aliphatic carbocycles. The number of amides is 1. The van der Waals surface area contributed by atoms with Crippen LogP contribution in [0.5, 0.6) is 0 Å². The molecule has 0 fully saturated rings. The van der Waals surface area contributed by atoms with Gasteiger partial charge in [-0.2, -0.15) is 0 Å². The smallest absolute Gasteiger partial charge is 0.270 e. The Hall–Kier alpha value is -2.71. The topological polar surface area (TPSA) is 75.1 Å². The Bertz CT molecular complexity index is 628. The third-order valence-electron chi connectivity index (χ3n) is 2.46. The fourth-order valence-corrected chi connectivity index (χ4v) is 1.51. The van der Waals surface area contributed by atoms with Gasteiger partial charge in [-0.25, -0.2) is 4.98 Å². The van der Waals surface area contributed by atoms with Crippen molar-refractivity contribution in [3.8, 4) is 11.8 Å². The molecule has 0 atom stereocenters. The molecular weight excluding hydrogens is 254 g/mol. The van der Waals surface area contributed by atoms with Crippen molar-refractivity contribution in [2.24, 2.45) is 0 Å². The number of hydrogen-bond donors (Lipinski definition) is 2. The highest BCUT2D eigenvalue weighted by Gasteiger charge is 2.06. The maximum atomic E-state index is 11.9. The SMILES string of the molecule is O=C(NCc1ccccn1)c1ccc(C#CCO)cn1. The van der Waals surface area contributed by atoms with E-state index >= 15 is 0 Å². The summed E-state index contributed by atoms with van der Waals surface area (Å²) in [5.41, 5.74) is 1.75. The van der Waals surface area contributed by atoms with Crippen LogP contribution in [0.4, 0.5) is 0 Å². The minimum absolute atomic E-state index is 0.202. The molecule has 0 aliphatic heterocycles. The summed E-state index contributed by atoms with van der Waals surface area (Å²) in [5, 5.41) is 11.3. The molecule has 0 aliphatic rings. The molecule has 20 heavy (non-hydrogen) atoms. The normalized spacial score (nSPS) is 9.45. The molecule has 2 rings (SSSR count). The molecule has 5 heteroatoms. The van der Waals surface area contributed by atoms with Crippen LogP contribution in [0.2, 0.25) is 0 Å². The highest BCUT2D eigenvalue weighted by molar-refractivity contribution is 5.92. The highest BCUT2D eigenvalue weighted by atomic mass is 16.2.